The predicted octanol–water partition coefficient (Wildman–Crippen LogP) is 4.10. The van der Waals surface area contributed by atoms with E-state index in [1.54, 1.807) is 12.1 Å². The zero-order valence-electron chi connectivity index (χ0n) is 18.0. The third-order valence-electron chi connectivity index (χ3n) is 5.53. The summed E-state index contributed by atoms with van der Waals surface area (Å²) in [4.78, 5) is 12.9. The van der Waals surface area contributed by atoms with E-state index >= 15 is 0 Å². The highest BCUT2D eigenvalue weighted by Crippen LogP contribution is 2.31. The van der Waals surface area contributed by atoms with E-state index in [1.165, 1.54) is 28.6 Å². The number of benzene rings is 2. The Morgan fingerprint density at radius 1 is 1.09 bits per heavy atom. The molecule has 0 spiro atoms. The van der Waals surface area contributed by atoms with Gasteiger partial charge in [0.2, 0.25) is 21.8 Å². The number of anilines is 1. The summed E-state index contributed by atoms with van der Waals surface area (Å²) < 4.78 is 70.7. The van der Waals surface area contributed by atoms with Crippen LogP contribution >= 0.6 is 0 Å². The van der Waals surface area contributed by atoms with Crippen LogP contribution in [-0.2, 0) is 21.0 Å². The van der Waals surface area contributed by atoms with E-state index in [4.69, 9.17) is 4.42 Å². The molecule has 1 atom stereocenters. The summed E-state index contributed by atoms with van der Waals surface area (Å²) in [7, 11) is -3.74. The first-order valence-electron chi connectivity index (χ1n) is 10.4. The van der Waals surface area contributed by atoms with Gasteiger partial charge in [-0.3, -0.25) is 10.1 Å². The van der Waals surface area contributed by atoms with E-state index in [9.17, 15) is 26.4 Å². The second kappa shape index (κ2) is 9.18. The standard InChI is InChI=1S/C22H21F3N4O4S/c1-14-4-10-18(11-5-14)34(31,32)29-12-2-3-16(13-29)19(30)26-21-28-27-20(33-21)15-6-8-17(9-7-15)22(23,24)25/h4-11,16H,2-3,12-13H2,1H3,(H,26,28,30). The molecule has 1 fully saturated rings. The Kier molecular flexibility index (Phi) is 6.45. The van der Waals surface area contributed by atoms with Crippen molar-refractivity contribution in [2.75, 3.05) is 18.4 Å². The third-order valence-corrected chi connectivity index (χ3v) is 7.41. The number of alkyl halides is 3. The van der Waals surface area contributed by atoms with E-state index in [1.807, 2.05) is 6.92 Å². The topological polar surface area (TPSA) is 105 Å². The van der Waals surface area contributed by atoms with Gasteiger partial charge < -0.3 is 4.42 Å². The van der Waals surface area contributed by atoms with Gasteiger partial charge in [0.05, 0.1) is 16.4 Å². The first-order chi connectivity index (χ1) is 16.0. The van der Waals surface area contributed by atoms with Crippen molar-refractivity contribution in [2.45, 2.75) is 30.8 Å². The lowest BCUT2D eigenvalue weighted by atomic mass is 9.99. The highest BCUT2D eigenvalue weighted by molar-refractivity contribution is 7.89. The van der Waals surface area contributed by atoms with E-state index < -0.39 is 33.6 Å². The Bertz CT molecular complexity index is 1270. The monoisotopic (exact) mass is 494 g/mol. The normalized spacial score (nSPS) is 17.5. The van der Waals surface area contributed by atoms with Crippen LogP contribution in [0.15, 0.2) is 57.8 Å². The highest BCUT2D eigenvalue weighted by Gasteiger charge is 2.34. The van der Waals surface area contributed by atoms with Crippen molar-refractivity contribution in [3.8, 4) is 11.5 Å². The number of aryl methyl sites for hydroxylation is 1. The van der Waals surface area contributed by atoms with Crippen molar-refractivity contribution in [1.82, 2.24) is 14.5 Å². The maximum absolute atomic E-state index is 13.0. The molecule has 1 aromatic heterocycles. The molecule has 1 amide bonds. The number of rotatable bonds is 5. The van der Waals surface area contributed by atoms with Crippen LogP contribution in [0.25, 0.3) is 11.5 Å². The van der Waals surface area contributed by atoms with Crippen LogP contribution in [0.4, 0.5) is 19.2 Å². The molecular weight excluding hydrogens is 473 g/mol. The molecule has 3 aromatic rings. The Balaban J connectivity index is 1.42. The number of nitrogens with zero attached hydrogens (tertiary/aromatic N) is 3. The average Bonchev–Trinajstić information content (AvgIpc) is 3.27. The van der Waals surface area contributed by atoms with Gasteiger partial charge in [-0.25, -0.2) is 8.42 Å². The molecule has 2 heterocycles. The number of carbonyl (C=O) groups excluding carboxylic acids is 1. The van der Waals surface area contributed by atoms with E-state index in [-0.39, 0.29) is 28.9 Å². The maximum Gasteiger partial charge on any atom is 0.416 e. The van der Waals surface area contributed by atoms with Gasteiger partial charge in [0.1, 0.15) is 0 Å². The fourth-order valence-electron chi connectivity index (χ4n) is 3.63. The zero-order chi connectivity index (χ0) is 24.5. The number of hydrogen-bond donors (Lipinski definition) is 1. The van der Waals surface area contributed by atoms with Gasteiger partial charge in [0.25, 0.3) is 0 Å². The quantitative estimate of drug-likeness (QED) is 0.573. The average molecular weight is 494 g/mol. The molecule has 1 aliphatic heterocycles. The lowest BCUT2D eigenvalue weighted by Gasteiger charge is -2.30. The fraction of sp³-hybridized carbons (Fsp3) is 0.318. The minimum Gasteiger partial charge on any atom is -0.403 e. The smallest absolute Gasteiger partial charge is 0.403 e. The summed E-state index contributed by atoms with van der Waals surface area (Å²) >= 11 is 0. The number of aromatic nitrogens is 2. The Morgan fingerprint density at radius 2 is 1.76 bits per heavy atom. The van der Waals surface area contributed by atoms with Crippen LogP contribution in [0.1, 0.15) is 24.0 Å². The number of carbonyl (C=O) groups is 1. The first-order valence-corrected chi connectivity index (χ1v) is 11.9. The van der Waals surface area contributed by atoms with Crippen LogP contribution in [-0.4, -0.2) is 41.9 Å². The van der Waals surface area contributed by atoms with Crippen molar-refractivity contribution < 1.29 is 30.8 Å². The van der Waals surface area contributed by atoms with Crippen molar-refractivity contribution in [2.24, 2.45) is 5.92 Å². The van der Waals surface area contributed by atoms with Gasteiger partial charge in [-0.2, -0.15) is 17.5 Å². The minimum atomic E-state index is -4.46. The van der Waals surface area contributed by atoms with Gasteiger partial charge in [-0.05, 0) is 56.2 Å². The fourth-order valence-corrected chi connectivity index (χ4v) is 5.16. The third kappa shape index (κ3) is 5.12. The predicted molar refractivity (Wildman–Crippen MR) is 116 cm³/mol. The Hall–Kier alpha value is -3.25. The molecule has 1 unspecified atom stereocenters. The van der Waals surface area contributed by atoms with Crippen LogP contribution in [0, 0.1) is 12.8 Å². The van der Waals surface area contributed by atoms with Gasteiger partial charge >= 0.3 is 12.2 Å². The van der Waals surface area contributed by atoms with E-state index in [0.717, 1.165) is 17.7 Å². The van der Waals surface area contributed by atoms with Crippen LogP contribution < -0.4 is 5.32 Å². The molecule has 1 saturated heterocycles. The van der Waals surface area contributed by atoms with Crippen molar-refractivity contribution in [3.63, 3.8) is 0 Å². The summed E-state index contributed by atoms with van der Waals surface area (Å²) in [5.41, 5.74) is 0.380. The molecule has 0 bridgehead atoms. The van der Waals surface area contributed by atoms with Crippen molar-refractivity contribution in [1.29, 1.82) is 0 Å². The number of halogens is 3. The molecule has 8 nitrogen and oxygen atoms in total. The molecule has 12 heteroatoms. The molecule has 180 valence electrons. The second-order valence-electron chi connectivity index (χ2n) is 7.99. The summed E-state index contributed by atoms with van der Waals surface area (Å²) in [6.45, 7) is 2.17. The van der Waals surface area contributed by atoms with Crippen molar-refractivity contribution in [3.05, 3.63) is 59.7 Å². The SMILES string of the molecule is Cc1ccc(S(=O)(=O)N2CCCC(C(=O)Nc3nnc(-c4ccc(C(F)(F)F)cc4)o3)C2)cc1. The molecule has 2 aromatic carbocycles. The number of hydrogen-bond acceptors (Lipinski definition) is 6. The van der Waals surface area contributed by atoms with Gasteiger partial charge in [-0.15, -0.1) is 5.10 Å². The molecule has 34 heavy (non-hydrogen) atoms. The van der Waals surface area contributed by atoms with Gasteiger partial charge in [-0.1, -0.05) is 22.8 Å². The number of nitrogens with one attached hydrogen (secondary N) is 1. The zero-order valence-corrected chi connectivity index (χ0v) is 18.9. The van der Waals surface area contributed by atoms with Gasteiger partial charge in [0, 0.05) is 18.7 Å². The molecule has 4 rings (SSSR count). The summed E-state index contributed by atoms with van der Waals surface area (Å²) in [5, 5.41) is 9.95. The largest absolute Gasteiger partial charge is 0.416 e. The first kappa shape index (κ1) is 23.9. The minimum absolute atomic E-state index is 0.00193. The van der Waals surface area contributed by atoms with E-state index in [2.05, 4.69) is 15.5 Å². The molecule has 0 radical (unpaired) electrons. The highest BCUT2D eigenvalue weighted by atomic mass is 32.2. The maximum atomic E-state index is 13.0. The van der Waals surface area contributed by atoms with Gasteiger partial charge in [0.15, 0.2) is 0 Å². The molecule has 1 aliphatic rings. The van der Waals surface area contributed by atoms with Crippen LogP contribution in [0.2, 0.25) is 0 Å². The summed E-state index contributed by atoms with van der Waals surface area (Å²) in [6.07, 6.45) is -3.48. The van der Waals surface area contributed by atoms with Crippen LogP contribution in [0.5, 0.6) is 0 Å². The molecular formula is C22H21F3N4O4S. The number of sulfonamides is 1. The number of amides is 1. The molecule has 0 aliphatic carbocycles. The molecule has 0 saturated carbocycles. The number of piperidine rings is 1. The second-order valence-corrected chi connectivity index (χ2v) is 9.93. The Morgan fingerprint density at radius 3 is 2.41 bits per heavy atom. The lowest BCUT2D eigenvalue weighted by molar-refractivity contribution is -0.137. The lowest BCUT2D eigenvalue weighted by Crippen LogP contribution is -2.43. The van der Waals surface area contributed by atoms with Crippen LogP contribution in [0.3, 0.4) is 0 Å². The summed E-state index contributed by atoms with van der Waals surface area (Å²) in [6, 6.07) is 10.4. The van der Waals surface area contributed by atoms with Crippen molar-refractivity contribution >= 4 is 21.9 Å². The molecule has 1 N–H and O–H groups in total. The Labute approximate surface area is 193 Å². The van der Waals surface area contributed by atoms with E-state index in [0.29, 0.717) is 19.4 Å². The summed E-state index contributed by atoms with van der Waals surface area (Å²) in [5.74, 6) is -1.17.